The lowest BCUT2D eigenvalue weighted by atomic mass is 9.74. The van der Waals surface area contributed by atoms with E-state index in [4.69, 9.17) is 0 Å². The molecule has 1 aliphatic heterocycles. The van der Waals surface area contributed by atoms with E-state index in [-0.39, 0.29) is 11.3 Å². The Bertz CT molecular complexity index is 295. The second-order valence-electron chi connectivity index (χ2n) is 6.63. The van der Waals surface area contributed by atoms with Crippen LogP contribution in [0.25, 0.3) is 0 Å². The van der Waals surface area contributed by atoms with Crippen LogP contribution in [-0.4, -0.2) is 25.0 Å². The smallest absolute Gasteiger partial charge is 0.226 e. The van der Waals surface area contributed by atoms with E-state index in [1.54, 1.807) is 0 Å². The first kappa shape index (κ1) is 13.9. The topological polar surface area (TPSA) is 41.1 Å². The lowest BCUT2D eigenvalue weighted by molar-refractivity contribution is -0.132. The zero-order valence-electron chi connectivity index (χ0n) is 12.1. The first-order valence-corrected chi connectivity index (χ1v) is 7.57. The van der Waals surface area contributed by atoms with Gasteiger partial charge in [-0.1, -0.05) is 27.2 Å². The van der Waals surface area contributed by atoms with E-state index in [0.717, 1.165) is 19.0 Å². The molecular formula is C15H28N2O. The predicted molar refractivity (Wildman–Crippen MR) is 74.3 cm³/mol. The molecule has 0 bridgehead atoms. The molecule has 1 heterocycles. The van der Waals surface area contributed by atoms with E-state index < -0.39 is 0 Å². The molecule has 0 radical (unpaired) electrons. The minimum Gasteiger partial charge on any atom is -0.353 e. The molecule has 3 atom stereocenters. The fourth-order valence-corrected chi connectivity index (χ4v) is 3.12. The molecule has 2 rings (SSSR count). The molecule has 1 saturated carbocycles. The second kappa shape index (κ2) is 5.60. The summed E-state index contributed by atoms with van der Waals surface area (Å²) in [6.07, 6.45) is 6.06. The molecule has 1 aliphatic carbocycles. The number of hydrogen-bond acceptors (Lipinski definition) is 2. The second-order valence-corrected chi connectivity index (χ2v) is 6.63. The third-order valence-corrected chi connectivity index (χ3v) is 4.80. The Morgan fingerprint density at radius 1 is 1.44 bits per heavy atom. The highest BCUT2D eigenvalue weighted by Gasteiger charge is 2.43. The van der Waals surface area contributed by atoms with Crippen molar-refractivity contribution in [3.8, 4) is 0 Å². The number of piperidine rings is 1. The highest BCUT2D eigenvalue weighted by atomic mass is 16.2. The maximum atomic E-state index is 12.4. The minimum atomic E-state index is -0.229. The first-order valence-electron chi connectivity index (χ1n) is 7.57. The maximum Gasteiger partial charge on any atom is 0.226 e. The fraction of sp³-hybridized carbons (Fsp3) is 0.933. The highest BCUT2D eigenvalue weighted by Crippen LogP contribution is 2.37. The van der Waals surface area contributed by atoms with Crippen LogP contribution in [0.4, 0.5) is 0 Å². The largest absolute Gasteiger partial charge is 0.353 e. The molecule has 18 heavy (non-hydrogen) atoms. The van der Waals surface area contributed by atoms with Crippen molar-refractivity contribution in [1.82, 2.24) is 10.6 Å². The Labute approximate surface area is 111 Å². The summed E-state index contributed by atoms with van der Waals surface area (Å²) >= 11 is 0. The number of carbonyl (C=O) groups is 1. The Morgan fingerprint density at radius 3 is 2.83 bits per heavy atom. The van der Waals surface area contributed by atoms with Gasteiger partial charge < -0.3 is 10.6 Å². The predicted octanol–water partition coefficient (Wildman–Crippen LogP) is 2.32. The zero-order valence-corrected chi connectivity index (χ0v) is 12.1. The van der Waals surface area contributed by atoms with Crippen molar-refractivity contribution in [2.24, 2.45) is 17.3 Å². The van der Waals surface area contributed by atoms with Gasteiger partial charge in [0.25, 0.3) is 0 Å². The summed E-state index contributed by atoms with van der Waals surface area (Å²) in [5.41, 5.74) is -0.229. The summed E-state index contributed by atoms with van der Waals surface area (Å²) in [5, 5.41) is 6.67. The van der Waals surface area contributed by atoms with Crippen molar-refractivity contribution in [1.29, 1.82) is 0 Å². The van der Waals surface area contributed by atoms with Gasteiger partial charge in [0.2, 0.25) is 5.91 Å². The molecule has 0 aromatic carbocycles. The highest BCUT2D eigenvalue weighted by molar-refractivity contribution is 5.82. The Hall–Kier alpha value is -0.570. The molecule has 104 valence electrons. The quantitative estimate of drug-likeness (QED) is 0.788. The number of carbonyl (C=O) groups excluding carboxylic acids is 1. The molecule has 0 aromatic rings. The van der Waals surface area contributed by atoms with Crippen LogP contribution in [0, 0.1) is 17.3 Å². The molecular weight excluding hydrogens is 224 g/mol. The number of nitrogens with one attached hydrogen (secondary N) is 2. The molecule has 3 nitrogen and oxygen atoms in total. The Kier molecular flexibility index (Phi) is 4.31. The fourth-order valence-electron chi connectivity index (χ4n) is 3.12. The molecule has 2 N–H and O–H groups in total. The van der Waals surface area contributed by atoms with Crippen LogP contribution in [0.2, 0.25) is 0 Å². The SMILES string of the molecule is CCCC1CC1NC(=O)C(C)(C)C1CCCNC1. The number of amides is 1. The van der Waals surface area contributed by atoms with Gasteiger partial charge in [0.15, 0.2) is 0 Å². The van der Waals surface area contributed by atoms with E-state index >= 15 is 0 Å². The summed E-state index contributed by atoms with van der Waals surface area (Å²) < 4.78 is 0. The van der Waals surface area contributed by atoms with Gasteiger partial charge >= 0.3 is 0 Å². The summed E-state index contributed by atoms with van der Waals surface area (Å²) in [4.78, 5) is 12.4. The zero-order chi connectivity index (χ0) is 13.2. The lowest BCUT2D eigenvalue weighted by Crippen LogP contribution is -2.48. The average molecular weight is 252 g/mol. The van der Waals surface area contributed by atoms with Crippen LogP contribution < -0.4 is 10.6 Å². The van der Waals surface area contributed by atoms with Gasteiger partial charge in [-0.05, 0) is 50.6 Å². The minimum absolute atomic E-state index is 0.229. The molecule has 2 aliphatic rings. The van der Waals surface area contributed by atoms with E-state index in [1.165, 1.54) is 32.1 Å². The van der Waals surface area contributed by atoms with Gasteiger partial charge in [0.05, 0.1) is 0 Å². The Morgan fingerprint density at radius 2 is 2.22 bits per heavy atom. The van der Waals surface area contributed by atoms with Gasteiger partial charge in [-0.25, -0.2) is 0 Å². The van der Waals surface area contributed by atoms with Crippen molar-refractivity contribution in [2.75, 3.05) is 13.1 Å². The third-order valence-electron chi connectivity index (χ3n) is 4.80. The summed E-state index contributed by atoms with van der Waals surface area (Å²) in [7, 11) is 0. The molecule has 3 unspecified atom stereocenters. The third kappa shape index (κ3) is 3.05. The van der Waals surface area contributed by atoms with E-state index in [1.807, 2.05) is 0 Å². The lowest BCUT2D eigenvalue weighted by Gasteiger charge is -2.36. The van der Waals surface area contributed by atoms with Crippen LogP contribution in [0.3, 0.4) is 0 Å². The molecule has 0 aromatic heterocycles. The Balaban J connectivity index is 1.83. The van der Waals surface area contributed by atoms with E-state index in [0.29, 0.717) is 12.0 Å². The van der Waals surface area contributed by atoms with Crippen molar-refractivity contribution in [3.63, 3.8) is 0 Å². The normalized spacial score (nSPS) is 32.1. The van der Waals surface area contributed by atoms with Crippen LogP contribution in [-0.2, 0) is 4.79 Å². The van der Waals surface area contributed by atoms with Gasteiger partial charge in [0, 0.05) is 11.5 Å². The van der Waals surface area contributed by atoms with Gasteiger partial charge in [-0.3, -0.25) is 4.79 Å². The summed E-state index contributed by atoms with van der Waals surface area (Å²) in [6.45, 7) is 8.53. The molecule has 0 spiro atoms. The van der Waals surface area contributed by atoms with Crippen molar-refractivity contribution < 1.29 is 4.79 Å². The van der Waals surface area contributed by atoms with Crippen LogP contribution in [0.5, 0.6) is 0 Å². The average Bonchev–Trinajstić information content (AvgIpc) is 3.09. The van der Waals surface area contributed by atoms with E-state index in [2.05, 4.69) is 31.4 Å². The molecule has 2 fully saturated rings. The van der Waals surface area contributed by atoms with Crippen LogP contribution in [0.15, 0.2) is 0 Å². The van der Waals surface area contributed by atoms with Gasteiger partial charge in [-0.15, -0.1) is 0 Å². The van der Waals surface area contributed by atoms with Crippen LogP contribution >= 0.6 is 0 Å². The number of hydrogen-bond donors (Lipinski definition) is 2. The van der Waals surface area contributed by atoms with Crippen molar-refractivity contribution in [3.05, 3.63) is 0 Å². The van der Waals surface area contributed by atoms with E-state index in [9.17, 15) is 4.79 Å². The maximum absolute atomic E-state index is 12.4. The summed E-state index contributed by atoms with van der Waals surface area (Å²) in [5.74, 6) is 1.49. The summed E-state index contributed by atoms with van der Waals surface area (Å²) in [6, 6.07) is 0.466. The number of rotatable bonds is 5. The van der Waals surface area contributed by atoms with Crippen molar-refractivity contribution in [2.45, 2.75) is 58.9 Å². The first-order chi connectivity index (χ1) is 8.55. The molecule has 3 heteroatoms. The monoisotopic (exact) mass is 252 g/mol. The molecule has 1 saturated heterocycles. The van der Waals surface area contributed by atoms with Crippen molar-refractivity contribution >= 4 is 5.91 Å². The van der Waals surface area contributed by atoms with Gasteiger partial charge in [0.1, 0.15) is 0 Å². The van der Waals surface area contributed by atoms with Crippen LogP contribution in [0.1, 0.15) is 52.9 Å². The van der Waals surface area contributed by atoms with Gasteiger partial charge in [-0.2, -0.15) is 0 Å². The molecule has 1 amide bonds. The standard InChI is InChI=1S/C15H28N2O/c1-4-6-11-9-13(11)17-14(18)15(2,3)12-7-5-8-16-10-12/h11-13,16H,4-10H2,1-3H3,(H,17,18).